The summed E-state index contributed by atoms with van der Waals surface area (Å²) in [5, 5.41) is 2.98. The van der Waals surface area contributed by atoms with Crippen LogP contribution in [-0.2, 0) is 11.3 Å². The molecule has 0 heterocycles. The molecule has 2 aromatic rings. The van der Waals surface area contributed by atoms with Crippen molar-refractivity contribution in [3.8, 4) is 11.5 Å². The SMILES string of the molecule is COc1ccc(OC)c(NC(=O)CN(Cc2ccccc2)C(C)C2CC2)c1. The number of anilines is 1. The van der Waals surface area contributed by atoms with Gasteiger partial charge in [-0.25, -0.2) is 0 Å². The van der Waals surface area contributed by atoms with Gasteiger partial charge in [0.2, 0.25) is 5.91 Å². The highest BCUT2D eigenvalue weighted by molar-refractivity contribution is 5.94. The van der Waals surface area contributed by atoms with Gasteiger partial charge in [-0.1, -0.05) is 30.3 Å². The Morgan fingerprint density at radius 3 is 2.52 bits per heavy atom. The van der Waals surface area contributed by atoms with E-state index in [0.29, 0.717) is 35.7 Å². The van der Waals surface area contributed by atoms with Crippen molar-refractivity contribution >= 4 is 11.6 Å². The topological polar surface area (TPSA) is 50.8 Å². The molecule has 0 saturated heterocycles. The molecule has 1 unspecified atom stereocenters. The van der Waals surface area contributed by atoms with Crippen molar-refractivity contribution in [2.45, 2.75) is 32.4 Å². The van der Waals surface area contributed by atoms with E-state index in [9.17, 15) is 4.79 Å². The summed E-state index contributed by atoms with van der Waals surface area (Å²) in [6, 6.07) is 16.1. The minimum atomic E-state index is -0.0509. The molecular formula is C22H28N2O3. The monoisotopic (exact) mass is 368 g/mol. The summed E-state index contributed by atoms with van der Waals surface area (Å²) in [6.07, 6.45) is 2.50. The Hall–Kier alpha value is -2.53. The Morgan fingerprint density at radius 1 is 1.15 bits per heavy atom. The molecule has 0 aromatic heterocycles. The summed E-state index contributed by atoms with van der Waals surface area (Å²) in [7, 11) is 3.20. The molecule has 1 saturated carbocycles. The van der Waals surface area contributed by atoms with E-state index < -0.39 is 0 Å². The summed E-state index contributed by atoms with van der Waals surface area (Å²) in [4.78, 5) is 15.0. The predicted octanol–water partition coefficient (Wildman–Crippen LogP) is 3.94. The minimum absolute atomic E-state index is 0.0509. The van der Waals surface area contributed by atoms with E-state index in [2.05, 4.69) is 29.3 Å². The molecule has 1 aliphatic rings. The lowest BCUT2D eigenvalue weighted by molar-refractivity contribution is -0.118. The van der Waals surface area contributed by atoms with Gasteiger partial charge < -0.3 is 14.8 Å². The number of ether oxygens (including phenoxy) is 2. The van der Waals surface area contributed by atoms with Crippen LogP contribution in [0.2, 0.25) is 0 Å². The molecule has 0 spiro atoms. The molecule has 1 N–H and O–H groups in total. The molecule has 2 aromatic carbocycles. The van der Waals surface area contributed by atoms with E-state index >= 15 is 0 Å². The third-order valence-electron chi connectivity index (χ3n) is 5.14. The lowest BCUT2D eigenvalue weighted by Gasteiger charge is -2.29. The summed E-state index contributed by atoms with van der Waals surface area (Å²) in [5.74, 6) is 1.94. The van der Waals surface area contributed by atoms with Gasteiger partial charge in [0.15, 0.2) is 0 Å². The second-order valence-electron chi connectivity index (χ2n) is 7.08. The van der Waals surface area contributed by atoms with Gasteiger partial charge in [-0.3, -0.25) is 9.69 Å². The highest BCUT2D eigenvalue weighted by atomic mass is 16.5. The van der Waals surface area contributed by atoms with Crippen molar-refractivity contribution in [1.29, 1.82) is 0 Å². The maximum atomic E-state index is 12.8. The highest BCUT2D eigenvalue weighted by Gasteiger charge is 2.32. The van der Waals surface area contributed by atoms with E-state index in [1.807, 2.05) is 24.3 Å². The van der Waals surface area contributed by atoms with Crippen LogP contribution in [0.3, 0.4) is 0 Å². The molecule has 1 atom stereocenters. The zero-order valence-electron chi connectivity index (χ0n) is 16.3. The fourth-order valence-electron chi connectivity index (χ4n) is 3.32. The Bertz CT molecular complexity index is 759. The Balaban J connectivity index is 1.70. The van der Waals surface area contributed by atoms with Crippen LogP contribution in [0.1, 0.15) is 25.3 Å². The second-order valence-corrected chi connectivity index (χ2v) is 7.08. The Morgan fingerprint density at radius 2 is 1.89 bits per heavy atom. The predicted molar refractivity (Wildman–Crippen MR) is 107 cm³/mol. The smallest absolute Gasteiger partial charge is 0.238 e. The number of carbonyl (C=O) groups excluding carboxylic acids is 1. The molecular weight excluding hydrogens is 340 g/mol. The molecule has 3 rings (SSSR count). The first kappa shape index (κ1) is 19.2. The van der Waals surface area contributed by atoms with Crippen LogP contribution in [0.25, 0.3) is 0 Å². The van der Waals surface area contributed by atoms with Crippen LogP contribution < -0.4 is 14.8 Å². The van der Waals surface area contributed by atoms with Crippen LogP contribution in [0.5, 0.6) is 11.5 Å². The van der Waals surface area contributed by atoms with Gasteiger partial charge in [-0.2, -0.15) is 0 Å². The van der Waals surface area contributed by atoms with Crippen molar-refractivity contribution in [3.05, 3.63) is 54.1 Å². The maximum absolute atomic E-state index is 12.8. The largest absolute Gasteiger partial charge is 0.497 e. The van der Waals surface area contributed by atoms with E-state index in [0.717, 1.165) is 6.54 Å². The Kier molecular flexibility index (Phi) is 6.35. The van der Waals surface area contributed by atoms with E-state index in [-0.39, 0.29) is 5.91 Å². The van der Waals surface area contributed by atoms with Crippen molar-refractivity contribution in [1.82, 2.24) is 4.90 Å². The zero-order chi connectivity index (χ0) is 19.2. The minimum Gasteiger partial charge on any atom is -0.497 e. The van der Waals surface area contributed by atoms with Gasteiger partial charge in [0.05, 0.1) is 26.5 Å². The number of nitrogens with one attached hydrogen (secondary N) is 1. The summed E-state index contributed by atoms with van der Waals surface area (Å²) >= 11 is 0. The lowest BCUT2D eigenvalue weighted by Crippen LogP contribution is -2.40. The average Bonchev–Trinajstić information content (AvgIpc) is 3.53. The normalized spacial score (nSPS) is 14.7. The first-order chi connectivity index (χ1) is 13.1. The second kappa shape index (κ2) is 8.91. The number of methoxy groups -OCH3 is 2. The number of nitrogens with zero attached hydrogens (tertiary/aromatic N) is 1. The first-order valence-corrected chi connectivity index (χ1v) is 9.40. The number of benzene rings is 2. The molecule has 0 radical (unpaired) electrons. The summed E-state index contributed by atoms with van der Waals surface area (Å²) < 4.78 is 10.6. The van der Waals surface area contributed by atoms with Crippen LogP contribution in [-0.4, -0.2) is 37.6 Å². The third-order valence-corrected chi connectivity index (χ3v) is 5.14. The quantitative estimate of drug-likeness (QED) is 0.728. The number of rotatable bonds is 9. The fourth-order valence-corrected chi connectivity index (χ4v) is 3.32. The van der Waals surface area contributed by atoms with Crippen LogP contribution in [0.4, 0.5) is 5.69 Å². The van der Waals surface area contributed by atoms with Crippen LogP contribution in [0.15, 0.2) is 48.5 Å². The van der Waals surface area contributed by atoms with Gasteiger partial charge in [-0.15, -0.1) is 0 Å². The van der Waals surface area contributed by atoms with Crippen molar-refractivity contribution in [2.24, 2.45) is 5.92 Å². The number of hydrogen-bond donors (Lipinski definition) is 1. The number of amides is 1. The highest BCUT2D eigenvalue weighted by Crippen LogP contribution is 2.35. The van der Waals surface area contributed by atoms with Gasteiger partial charge in [0, 0.05) is 18.7 Å². The molecule has 27 heavy (non-hydrogen) atoms. The molecule has 1 fully saturated rings. The molecule has 1 aliphatic carbocycles. The van der Waals surface area contributed by atoms with Crippen molar-refractivity contribution in [2.75, 3.05) is 26.1 Å². The first-order valence-electron chi connectivity index (χ1n) is 9.40. The Labute approximate surface area is 161 Å². The lowest BCUT2D eigenvalue weighted by atomic mass is 10.1. The van der Waals surface area contributed by atoms with E-state index in [1.165, 1.54) is 18.4 Å². The third kappa shape index (κ3) is 5.23. The molecule has 0 aliphatic heterocycles. The van der Waals surface area contributed by atoms with Gasteiger partial charge in [-0.05, 0) is 43.4 Å². The number of carbonyl (C=O) groups is 1. The van der Waals surface area contributed by atoms with Crippen LogP contribution in [0, 0.1) is 5.92 Å². The number of hydrogen-bond acceptors (Lipinski definition) is 4. The van der Waals surface area contributed by atoms with Gasteiger partial charge in [0.1, 0.15) is 11.5 Å². The maximum Gasteiger partial charge on any atom is 0.238 e. The summed E-state index contributed by atoms with van der Waals surface area (Å²) in [6.45, 7) is 3.33. The molecule has 0 bridgehead atoms. The van der Waals surface area contributed by atoms with E-state index in [4.69, 9.17) is 9.47 Å². The zero-order valence-corrected chi connectivity index (χ0v) is 16.3. The van der Waals surface area contributed by atoms with Crippen molar-refractivity contribution in [3.63, 3.8) is 0 Å². The van der Waals surface area contributed by atoms with Gasteiger partial charge >= 0.3 is 0 Å². The average molecular weight is 368 g/mol. The fraction of sp³-hybridized carbons (Fsp3) is 0.409. The molecule has 1 amide bonds. The molecule has 5 heteroatoms. The molecule has 144 valence electrons. The molecule has 5 nitrogen and oxygen atoms in total. The van der Waals surface area contributed by atoms with E-state index in [1.54, 1.807) is 26.4 Å². The van der Waals surface area contributed by atoms with Gasteiger partial charge in [0.25, 0.3) is 0 Å². The summed E-state index contributed by atoms with van der Waals surface area (Å²) in [5.41, 5.74) is 1.84. The standard InChI is InChI=1S/C22H28N2O3/c1-16(18-9-10-18)24(14-17-7-5-4-6-8-17)15-22(25)23-20-13-19(26-2)11-12-21(20)27-3/h4-8,11-13,16,18H,9-10,14-15H2,1-3H3,(H,23,25). The van der Waals surface area contributed by atoms with Crippen molar-refractivity contribution < 1.29 is 14.3 Å². The van der Waals surface area contributed by atoms with Crippen LogP contribution >= 0.6 is 0 Å².